The molecule has 1 aliphatic rings. The number of amides is 1. The van der Waals surface area contributed by atoms with Crippen LogP contribution in [0.15, 0.2) is 24.3 Å². The summed E-state index contributed by atoms with van der Waals surface area (Å²) < 4.78 is 37.6. The number of fused-ring (bicyclic) bond motifs is 1. The normalized spacial score (nSPS) is 17.7. The molecule has 23 heavy (non-hydrogen) atoms. The molecule has 0 bridgehead atoms. The minimum atomic E-state index is -4.40. The Kier molecular flexibility index (Phi) is 4.14. The number of thiazole rings is 1. The molecule has 1 aromatic heterocycles. The maximum atomic E-state index is 12.5. The number of benzene rings is 1. The zero-order valence-electron chi connectivity index (χ0n) is 12.4. The van der Waals surface area contributed by atoms with Crippen molar-refractivity contribution >= 4 is 22.4 Å². The van der Waals surface area contributed by atoms with Gasteiger partial charge in [0.1, 0.15) is 0 Å². The van der Waals surface area contributed by atoms with Gasteiger partial charge in [-0.15, -0.1) is 11.3 Å². The van der Waals surface area contributed by atoms with Crippen molar-refractivity contribution in [2.45, 2.75) is 32.4 Å². The topological polar surface area (TPSA) is 42.0 Å². The minimum absolute atomic E-state index is 0.180. The second-order valence-corrected chi connectivity index (χ2v) is 6.85. The molecule has 1 atom stereocenters. The van der Waals surface area contributed by atoms with Crippen molar-refractivity contribution in [2.24, 2.45) is 5.92 Å². The van der Waals surface area contributed by atoms with E-state index in [0.717, 1.165) is 37.1 Å². The maximum Gasteiger partial charge on any atom is 0.416 e. The molecular formula is C16H15F3N2OS. The number of anilines is 1. The number of nitrogens with one attached hydrogen (secondary N) is 1. The zero-order chi connectivity index (χ0) is 16.6. The van der Waals surface area contributed by atoms with E-state index in [4.69, 9.17) is 0 Å². The number of aromatic nitrogens is 1. The highest BCUT2D eigenvalue weighted by molar-refractivity contribution is 7.15. The molecule has 0 unspecified atom stereocenters. The standard InChI is InChI=1S/C16H15F3N2OS/c1-9-2-7-12-13(8-9)23-15(20-12)21-14(22)10-3-5-11(6-4-10)16(17,18)19/h3-6,9H,2,7-8H2,1H3,(H,20,21,22)/t9-/m1/s1. The summed E-state index contributed by atoms with van der Waals surface area (Å²) in [5.41, 5.74) is 0.433. The lowest BCUT2D eigenvalue weighted by atomic mass is 9.93. The van der Waals surface area contributed by atoms with E-state index in [1.807, 2.05) is 0 Å². The summed E-state index contributed by atoms with van der Waals surface area (Å²) in [7, 11) is 0. The molecule has 1 N–H and O–H groups in total. The molecule has 2 aromatic rings. The number of halogens is 3. The number of nitrogens with zero attached hydrogens (tertiary/aromatic N) is 1. The highest BCUT2D eigenvalue weighted by Gasteiger charge is 2.30. The third-order valence-electron chi connectivity index (χ3n) is 3.88. The van der Waals surface area contributed by atoms with E-state index in [9.17, 15) is 18.0 Å². The Morgan fingerprint density at radius 1 is 1.30 bits per heavy atom. The predicted molar refractivity (Wildman–Crippen MR) is 82.7 cm³/mol. The summed E-state index contributed by atoms with van der Waals surface area (Å²) in [6.07, 6.45) is -1.45. The SMILES string of the molecule is C[C@@H]1CCc2nc(NC(=O)c3ccc(C(F)(F)F)cc3)sc2C1. The van der Waals surface area contributed by atoms with Gasteiger partial charge in [0.25, 0.3) is 5.91 Å². The molecule has 7 heteroatoms. The number of carbonyl (C=O) groups excluding carboxylic acids is 1. The van der Waals surface area contributed by atoms with Gasteiger partial charge in [-0.1, -0.05) is 6.92 Å². The summed E-state index contributed by atoms with van der Waals surface area (Å²) in [4.78, 5) is 17.7. The van der Waals surface area contributed by atoms with Crippen molar-refractivity contribution < 1.29 is 18.0 Å². The molecule has 122 valence electrons. The van der Waals surface area contributed by atoms with E-state index in [-0.39, 0.29) is 5.56 Å². The van der Waals surface area contributed by atoms with Gasteiger partial charge in [0, 0.05) is 10.4 Å². The number of rotatable bonds is 2. The minimum Gasteiger partial charge on any atom is -0.298 e. The largest absolute Gasteiger partial charge is 0.416 e. The first kappa shape index (κ1) is 16.0. The summed E-state index contributed by atoms with van der Waals surface area (Å²) in [6, 6.07) is 4.16. The molecule has 0 spiro atoms. The number of hydrogen-bond donors (Lipinski definition) is 1. The van der Waals surface area contributed by atoms with Crippen molar-refractivity contribution in [1.82, 2.24) is 4.98 Å². The highest BCUT2D eigenvalue weighted by Crippen LogP contribution is 2.32. The van der Waals surface area contributed by atoms with Gasteiger partial charge in [-0.05, 0) is 49.4 Å². The van der Waals surface area contributed by atoms with Crippen LogP contribution >= 0.6 is 11.3 Å². The second kappa shape index (κ2) is 5.96. The quantitative estimate of drug-likeness (QED) is 0.872. The van der Waals surface area contributed by atoms with Crippen LogP contribution in [0.4, 0.5) is 18.3 Å². The number of carbonyl (C=O) groups is 1. The van der Waals surface area contributed by atoms with E-state index < -0.39 is 17.6 Å². The first-order chi connectivity index (χ1) is 10.8. The summed E-state index contributed by atoms with van der Waals surface area (Å²) >= 11 is 1.45. The van der Waals surface area contributed by atoms with Crippen LogP contribution in [0.2, 0.25) is 0 Å². The molecule has 0 radical (unpaired) electrons. The molecule has 3 rings (SSSR count). The first-order valence-electron chi connectivity index (χ1n) is 7.30. The van der Waals surface area contributed by atoms with Crippen LogP contribution in [0.5, 0.6) is 0 Å². The first-order valence-corrected chi connectivity index (χ1v) is 8.12. The highest BCUT2D eigenvalue weighted by atomic mass is 32.1. The monoisotopic (exact) mass is 340 g/mol. The Morgan fingerprint density at radius 2 is 2.00 bits per heavy atom. The Labute approximate surface area is 135 Å². The van der Waals surface area contributed by atoms with Crippen LogP contribution in [0.1, 0.15) is 39.8 Å². The van der Waals surface area contributed by atoms with Crippen LogP contribution in [0, 0.1) is 5.92 Å². The van der Waals surface area contributed by atoms with Gasteiger partial charge in [-0.25, -0.2) is 4.98 Å². The molecule has 1 aliphatic carbocycles. The average Bonchev–Trinajstić information content (AvgIpc) is 2.87. The van der Waals surface area contributed by atoms with Crippen LogP contribution in [0.3, 0.4) is 0 Å². The third-order valence-corrected chi connectivity index (χ3v) is 4.92. The Balaban J connectivity index is 1.72. The Hall–Kier alpha value is -1.89. The van der Waals surface area contributed by atoms with Crippen molar-refractivity contribution in [3.05, 3.63) is 46.0 Å². The van der Waals surface area contributed by atoms with Crippen molar-refractivity contribution in [2.75, 3.05) is 5.32 Å². The van der Waals surface area contributed by atoms with Gasteiger partial charge in [0.2, 0.25) is 0 Å². The lowest BCUT2D eigenvalue weighted by molar-refractivity contribution is -0.137. The van der Waals surface area contributed by atoms with Gasteiger partial charge in [0.05, 0.1) is 11.3 Å². The van der Waals surface area contributed by atoms with E-state index in [0.29, 0.717) is 11.0 Å². The van der Waals surface area contributed by atoms with Gasteiger partial charge >= 0.3 is 6.18 Å². The number of aryl methyl sites for hydroxylation is 1. The van der Waals surface area contributed by atoms with Crippen LogP contribution in [0.25, 0.3) is 0 Å². The van der Waals surface area contributed by atoms with Crippen LogP contribution < -0.4 is 5.32 Å². The van der Waals surface area contributed by atoms with Gasteiger partial charge < -0.3 is 0 Å². The molecular weight excluding hydrogens is 325 g/mol. The van der Waals surface area contributed by atoms with E-state index in [2.05, 4.69) is 17.2 Å². The fraction of sp³-hybridized carbons (Fsp3) is 0.375. The second-order valence-electron chi connectivity index (χ2n) is 5.77. The van der Waals surface area contributed by atoms with E-state index in [1.165, 1.54) is 28.3 Å². The van der Waals surface area contributed by atoms with Crippen molar-refractivity contribution in [1.29, 1.82) is 0 Å². The van der Waals surface area contributed by atoms with Gasteiger partial charge in [-0.2, -0.15) is 13.2 Å². The van der Waals surface area contributed by atoms with Crippen molar-refractivity contribution in [3.63, 3.8) is 0 Å². The fourth-order valence-corrected chi connectivity index (χ4v) is 3.74. The van der Waals surface area contributed by atoms with Crippen LogP contribution in [-0.2, 0) is 19.0 Å². The Morgan fingerprint density at radius 3 is 2.65 bits per heavy atom. The van der Waals surface area contributed by atoms with E-state index in [1.54, 1.807) is 0 Å². The summed E-state index contributed by atoms with van der Waals surface area (Å²) in [5, 5.41) is 3.18. The predicted octanol–water partition coefficient (Wildman–Crippen LogP) is 4.54. The lowest BCUT2D eigenvalue weighted by Crippen LogP contribution is -2.13. The smallest absolute Gasteiger partial charge is 0.298 e. The molecule has 1 aromatic carbocycles. The van der Waals surface area contributed by atoms with Crippen molar-refractivity contribution in [3.8, 4) is 0 Å². The summed E-state index contributed by atoms with van der Waals surface area (Å²) in [5.74, 6) is 0.166. The Bertz CT molecular complexity index is 722. The number of hydrogen-bond acceptors (Lipinski definition) is 3. The van der Waals surface area contributed by atoms with Crippen LogP contribution in [-0.4, -0.2) is 10.9 Å². The lowest BCUT2D eigenvalue weighted by Gasteiger charge is -2.15. The van der Waals surface area contributed by atoms with Gasteiger partial charge in [0.15, 0.2) is 5.13 Å². The van der Waals surface area contributed by atoms with Gasteiger partial charge in [-0.3, -0.25) is 10.1 Å². The molecule has 3 nitrogen and oxygen atoms in total. The fourth-order valence-electron chi connectivity index (χ4n) is 2.57. The molecule has 0 fully saturated rings. The third kappa shape index (κ3) is 3.55. The molecule has 0 aliphatic heterocycles. The molecule has 1 heterocycles. The molecule has 0 saturated carbocycles. The maximum absolute atomic E-state index is 12.5. The molecule has 1 amide bonds. The molecule has 0 saturated heterocycles. The average molecular weight is 340 g/mol. The number of alkyl halides is 3. The zero-order valence-corrected chi connectivity index (χ0v) is 13.2. The van der Waals surface area contributed by atoms with E-state index >= 15 is 0 Å². The summed E-state index contributed by atoms with van der Waals surface area (Å²) in [6.45, 7) is 2.18.